The molecule has 0 saturated carbocycles. The number of carbonyl (C=O) groups is 1. The largest absolute Gasteiger partial charge is 0.466 e. The first-order chi connectivity index (χ1) is 8.34. The predicted molar refractivity (Wildman–Crippen MR) is 57.8 cm³/mol. The lowest BCUT2D eigenvalue weighted by Crippen LogP contribution is -2.10. The molecule has 0 bridgehead atoms. The van der Waals surface area contributed by atoms with Gasteiger partial charge in [-0.25, -0.2) is 0 Å². The average molecular weight is 264 g/mol. The van der Waals surface area contributed by atoms with E-state index in [1.807, 2.05) is 0 Å². The van der Waals surface area contributed by atoms with Crippen LogP contribution in [-0.4, -0.2) is 22.4 Å². The number of nitrogens with zero attached hydrogens (tertiary/aromatic N) is 2. The van der Waals surface area contributed by atoms with E-state index < -0.39 is 11.9 Å². The average Bonchev–Trinajstić information content (AvgIpc) is 2.59. The van der Waals surface area contributed by atoms with Gasteiger partial charge in [-0.1, -0.05) is 0 Å². The minimum absolute atomic E-state index is 0.0821. The fraction of sp³-hybridized carbons (Fsp3) is 0.636. The van der Waals surface area contributed by atoms with Crippen molar-refractivity contribution in [2.24, 2.45) is 0 Å². The Bertz CT molecular complexity index is 413. The molecule has 7 heteroatoms. The lowest BCUT2D eigenvalue weighted by molar-refractivity contribution is -0.144. The van der Waals surface area contributed by atoms with E-state index in [0.717, 1.165) is 0 Å². The standard InChI is InChI=1S/C11H15F3N2O2/c1-3-18-9(17)5-4-6-16-7-8(2)10(15-16)11(12,13)14/h7H,3-6H2,1-2H3. The van der Waals surface area contributed by atoms with Crippen molar-refractivity contribution in [3.63, 3.8) is 0 Å². The van der Waals surface area contributed by atoms with Crippen LogP contribution in [0.2, 0.25) is 0 Å². The summed E-state index contributed by atoms with van der Waals surface area (Å²) in [6, 6.07) is 0. The summed E-state index contributed by atoms with van der Waals surface area (Å²) >= 11 is 0. The van der Waals surface area contributed by atoms with E-state index in [-0.39, 0.29) is 24.5 Å². The number of alkyl halides is 3. The van der Waals surface area contributed by atoms with Gasteiger partial charge in [-0.3, -0.25) is 9.48 Å². The van der Waals surface area contributed by atoms with Crippen LogP contribution in [-0.2, 0) is 22.3 Å². The van der Waals surface area contributed by atoms with E-state index in [4.69, 9.17) is 4.74 Å². The molecule has 0 aliphatic heterocycles. The Labute approximate surface area is 103 Å². The highest BCUT2D eigenvalue weighted by Gasteiger charge is 2.35. The summed E-state index contributed by atoms with van der Waals surface area (Å²) < 4.78 is 43.3. The fourth-order valence-corrected chi connectivity index (χ4v) is 1.53. The number of hydrogen-bond acceptors (Lipinski definition) is 3. The smallest absolute Gasteiger partial charge is 0.435 e. The van der Waals surface area contributed by atoms with Crippen LogP contribution in [0.15, 0.2) is 6.20 Å². The van der Waals surface area contributed by atoms with Crippen LogP contribution in [0.25, 0.3) is 0 Å². The molecule has 0 aromatic carbocycles. The third kappa shape index (κ3) is 4.05. The molecule has 1 rings (SSSR count). The van der Waals surface area contributed by atoms with Gasteiger partial charge in [0.15, 0.2) is 5.69 Å². The minimum atomic E-state index is -4.43. The van der Waals surface area contributed by atoms with Gasteiger partial charge in [0.1, 0.15) is 0 Å². The van der Waals surface area contributed by atoms with Crippen LogP contribution in [0, 0.1) is 6.92 Å². The molecule has 0 aliphatic carbocycles. The second-order valence-electron chi connectivity index (χ2n) is 3.83. The Kier molecular flexibility index (Phi) is 4.75. The molecule has 0 N–H and O–H groups in total. The van der Waals surface area contributed by atoms with Gasteiger partial charge in [0.05, 0.1) is 6.61 Å². The fourth-order valence-electron chi connectivity index (χ4n) is 1.53. The van der Waals surface area contributed by atoms with E-state index in [9.17, 15) is 18.0 Å². The predicted octanol–water partition coefficient (Wildman–Crippen LogP) is 2.55. The highest BCUT2D eigenvalue weighted by Crippen LogP contribution is 2.30. The molecular formula is C11H15F3N2O2. The maximum absolute atomic E-state index is 12.5. The first kappa shape index (κ1) is 14.5. The number of rotatable bonds is 5. The van der Waals surface area contributed by atoms with Crippen LogP contribution in [0.3, 0.4) is 0 Å². The summed E-state index contributed by atoms with van der Waals surface area (Å²) in [6.07, 6.45) is -2.53. The monoisotopic (exact) mass is 264 g/mol. The first-order valence-corrected chi connectivity index (χ1v) is 5.61. The van der Waals surface area contributed by atoms with Gasteiger partial charge in [0.2, 0.25) is 0 Å². The number of ether oxygens (including phenoxy) is 1. The van der Waals surface area contributed by atoms with Crippen molar-refractivity contribution >= 4 is 5.97 Å². The number of aromatic nitrogens is 2. The van der Waals surface area contributed by atoms with Gasteiger partial charge in [0, 0.05) is 19.2 Å². The molecule has 1 heterocycles. The normalized spacial score (nSPS) is 11.6. The van der Waals surface area contributed by atoms with Crippen molar-refractivity contribution in [2.75, 3.05) is 6.61 Å². The number of aryl methyl sites for hydroxylation is 2. The number of carbonyl (C=O) groups excluding carboxylic acids is 1. The van der Waals surface area contributed by atoms with Crippen LogP contribution in [0.1, 0.15) is 31.0 Å². The lowest BCUT2D eigenvalue weighted by atomic mass is 10.3. The van der Waals surface area contributed by atoms with Crippen LogP contribution in [0.5, 0.6) is 0 Å². The SMILES string of the molecule is CCOC(=O)CCCn1cc(C)c(C(F)(F)F)n1. The van der Waals surface area contributed by atoms with Crippen molar-refractivity contribution in [1.29, 1.82) is 0 Å². The molecule has 18 heavy (non-hydrogen) atoms. The molecule has 0 atom stereocenters. The number of hydrogen-bond donors (Lipinski definition) is 0. The van der Waals surface area contributed by atoms with Gasteiger partial charge in [-0.05, 0) is 25.8 Å². The van der Waals surface area contributed by atoms with E-state index in [1.165, 1.54) is 17.8 Å². The molecule has 0 spiro atoms. The number of halogens is 3. The summed E-state index contributed by atoms with van der Waals surface area (Å²) in [5.74, 6) is -0.350. The van der Waals surface area contributed by atoms with Crippen molar-refractivity contribution < 1.29 is 22.7 Å². The first-order valence-electron chi connectivity index (χ1n) is 5.61. The topological polar surface area (TPSA) is 44.1 Å². The van der Waals surface area contributed by atoms with E-state index in [1.54, 1.807) is 6.92 Å². The molecule has 0 saturated heterocycles. The molecule has 1 aromatic rings. The van der Waals surface area contributed by atoms with E-state index >= 15 is 0 Å². The third-order valence-electron chi connectivity index (χ3n) is 2.29. The Morgan fingerprint density at radius 3 is 2.67 bits per heavy atom. The van der Waals surface area contributed by atoms with Gasteiger partial charge in [-0.2, -0.15) is 18.3 Å². The summed E-state index contributed by atoms with van der Waals surface area (Å²) in [5.41, 5.74) is -0.794. The Balaban J connectivity index is 2.52. The molecule has 0 unspecified atom stereocenters. The molecule has 0 aliphatic rings. The van der Waals surface area contributed by atoms with E-state index in [2.05, 4.69) is 5.10 Å². The zero-order chi connectivity index (χ0) is 13.8. The molecule has 0 radical (unpaired) electrons. The quantitative estimate of drug-likeness (QED) is 0.768. The summed E-state index contributed by atoms with van der Waals surface area (Å²) in [5, 5.41) is 3.46. The molecule has 1 aromatic heterocycles. The van der Waals surface area contributed by atoms with Crippen LogP contribution in [0.4, 0.5) is 13.2 Å². The number of esters is 1. The van der Waals surface area contributed by atoms with Crippen molar-refractivity contribution in [2.45, 2.75) is 39.4 Å². The second-order valence-corrected chi connectivity index (χ2v) is 3.83. The Morgan fingerprint density at radius 1 is 1.50 bits per heavy atom. The summed E-state index contributed by atoms with van der Waals surface area (Å²) in [7, 11) is 0. The lowest BCUT2D eigenvalue weighted by Gasteiger charge is -2.03. The van der Waals surface area contributed by atoms with Gasteiger partial charge >= 0.3 is 12.1 Å². The molecular weight excluding hydrogens is 249 g/mol. The van der Waals surface area contributed by atoms with Gasteiger partial charge in [-0.15, -0.1) is 0 Å². The second kappa shape index (κ2) is 5.88. The summed E-state index contributed by atoms with van der Waals surface area (Å²) in [6.45, 7) is 3.62. The molecule has 0 amide bonds. The summed E-state index contributed by atoms with van der Waals surface area (Å²) in [4.78, 5) is 11.0. The highest BCUT2D eigenvalue weighted by atomic mass is 19.4. The Hall–Kier alpha value is -1.53. The van der Waals surface area contributed by atoms with Crippen LogP contribution < -0.4 is 0 Å². The van der Waals surface area contributed by atoms with Crippen molar-refractivity contribution in [1.82, 2.24) is 9.78 Å². The molecule has 102 valence electrons. The van der Waals surface area contributed by atoms with Gasteiger partial charge < -0.3 is 4.74 Å². The zero-order valence-corrected chi connectivity index (χ0v) is 10.3. The molecule has 0 fully saturated rings. The van der Waals surface area contributed by atoms with Crippen molar-refractivity contribution in [3.8, 4) is 0 Å². The minimum Gasteiger partial charge on any atom is -0.466 e. The van der Waals surface area contributed by atoms with E-state index in [0.29, 0.717) is 13.0 Å². The maximum Gasteiger partial charge on any atom is 0.435 e. The van der Waals surface area contributed by atoms with Gasteiger partial charge in [0.25, 0.3) is 0 Å². The zero-order valence-electron chi connectivity index (χ0n) is 10.3. The highest BCUT2D eigenvalue weighted by molar-refractivity contribution is 5.69. The molecule has 4 nitrogen and oxygen atoms in total. The maximum atomic E-state index is 12.5. The third-order valence-corrected chi connectivity index (χ3v) is 2.29. The Morgan fingerprint density at radius 2 is 2.17 bits per heavy atom. The van der Waals surface area contributed by atoms with Crippen molar-refractivity contribution in [3.05, 3.63) is 17.5 Å². The van der Waals surface area contributed by atoms with Crippen LogP contribution >= 0.6 is 0 Å².